The summed E-state index contributed by atoms with van der Waals surface area (Å²) in [6.45, 7) is 6.01. The van der Waals surface area contributed by atoms with Crippen molar-refractivity contribution >= 4 is 0 Å². The van der Waals surface area contributed by atoms with Crippen molar-refractivity contribution < 1.29 is 13.5 Å². The minimum atomic E-state index is -0.873. The quantitative estimate of drug-likeness (QED) is 0.731. The molecule has 0 amide bonds. The van der Waals surface area contributed by atoms with Gasteiger partial charge in [0.2, 0.25) is 5.82 Å². The molecule has 0 aliphatic heterocycles. The Kier molecular flexibility index (Phi) is 4.71. The first-order valence-electron chi connectivity index (χ1n) is 5.72. The van der Waals surface area contributed by atoms with Gasteiger partial charge in [-0.3, -0.25) is 0 Å². The van der Waals surface area contributed by atoms with Crippen LogP contribution >= 0.6 is 0 Å². The molecule has 0 aromatic heterocycles. The highest BCUT2D eigenvalue weighted by atomic mass is 19.2. The molecule has 1 aromatic carbocycles. The second-order valence-electron chi connectivity index (χ2n) is 3.90. The normalized spacial score (nSPS) is 12.6. The third-order valence-electron chi connectivity index (χ3n) is 2.63. The lowest BCUT2D eigenvalue weighted by molar-refractivity contribution is 0.312. The molecule has 0 saturated heterocycles. The third kappa shape index (κ3) is 2.71. The van der Waals surface area contributed by atoms with Crippen LogP contribution in [0.5, 0.6) is 5.75 Å². The summed E-state index contributed by atoms with van der Waals surface area (Å²) in [4.78, 5) is 0. The van der Waals surface area contributed by atoms with E-state index >= 15 is 0 Å². The molecule has 1 rings (SSSR count). The molecule has 0 saturated carbocycles. The average Bonchev–Trinajstić information content (AvgIpc) is 2.25. The smallest absolute Gasteiger partial charge is 0.200 e. The van der Waals surface area contributed by atoms with Crippen molar-refractivity contribution in [2.45, 2.75) is 39.5 Å². The Morgan fingerprint density at radius 2 is 1.88 bits per heavy atom. The largest absolute Gasteiger partial charge is 0.491 e. The molecule has 1 atom stereocenters. The van der Waals surface area contributed by atoms with Gasteiger partial charge in [0.1, 0.15) is 0 Å². The summed E-state index contributed by atoms with van der Waals surface area (Å²) in [5.74, 6) is -1.61. The average molecular weight is 228 g/mol. The molecule has 3 heteroatoms. The maximum Gasteiger partial charge on any atom is 0.200 e. The van der Waals surface area contributed by atoms with Crippen LogP contribution in [0.4, 0.5) is 8.78 Å². The molecule has 0 heterocycles. The van der Waals surface area contributed by atoms with Crippen molar-refractivity contribution in [1.82, 2.24) is 0 Å². The van der Waals surface area contributed by atoms with Gasteiger partial charge in [-0.25, -0.2) is 4.39 Å². The van der Waals surface area contributed by atoms with E-state index in [9.17, 15) is 8.78 Å². The summed E-state index contributed by atoms with van der Waals surface area (Å²) in [6, 6.07) is 3.12. The summed E-state index contributed by atoms with van der Waals surface area (Å²) >= 11 is 0. The number of ether oxygens (including phenoxy) is 1. The lowest BCUT2D eigenvalue weighted by atomic mass is 9.96. The van der Waals surface area contributed by atoms with Crippen LogP contribution < -0.4 is 4.74 Å². The first kappa shape index (κ1) is 12.9. The van der Waals surface area contributed by atoms with E-state index in [0.717, 1.165) is 12.8 Å². The van der Waals surface area contributed by atoms with Crippen LogP contribution in [0.2, 0.25) is 0 Å². The van der Waals surface area contributed by atoms with E-state index in [4.69, 9.17) is 4.74 Å². The maximum absolute atomic E-state index is 13.7. The zero-order valence-corrected chi connectivity index (χ0v) is 10.0. The molecule has 1 aromatic rings. The van der Waals surface area contributed by atoms with Crippen molar-refractivity contribution in [2.24, 2.45) is 0 Å². The van der Waals surface area contributed by atoms with Crippen molar-refractivity contribution in [2.75, 3.05) is 6.61 Å². The van der Waals surface area contributed by atoms with Crippen molar-refractivity contribution in [3.63, 3.8) is 0 Å². The summed E-state index contributed by atoms with van der Waals surface area (Å²) in [5, 5.41) is 0. The summed E-state index contributed by atoms with van der Waals surface area (Å²) in [6.07, 6.45) is 1.81. The van der Waals surface area contributed by atoms with E-state index in [2.05, 4.69) is 0 Å². The molecule has 0 aliphatic carbocycles. The predicted molar refractivity (Wildman–Crippen MR) is 60.9 cm³/mol. The number of benzene rings is 1. The van der Waals surface area contributed by atoms with Gasteiger partial charge >= 0.3 is 0 Å². The Hall–Kier alpha value is -1.12. The van der Waals surface area contributed by atoms with Crippen molar-refractivity contribution in [3.8, 4) is 5.75 Å². The van der Waals surface area contributed by atoms with Gasteiger partial charge in [0.25, 0.3) is 0 Å². The van der Waals surface area contributed by atoms with Crippen LogP contribution in [0.3, 0.4) is 0 Å². The molecule has 90 valence electrons. The highest BCUT2D eigenvalue weighted by molar-refractivity contribution is 5.32. The van der Waals surface area contributed by atoms with Crippen LogP contribution in [0.25, 0.3) is 0 Å². The topological polar surface area (TPSA) is 9.23 Å². The van der Waals surface area contributed by atoms with Gasteiger partial charge < -0.3 is 4.74 Å². The maximum atomic E-state index is 13.7. The lowest BCUT2D eigenvalue weighted by Crippen LogP contribution is -2.03. The number of hydrogen-bond donors (Lipinski definition) is 0. The minimum absolute atomic E-state index is 0.00699. The zero-order valence-electron chi connectivity index (χ0n) is 10.0. The first-order valence-corrected chi connectivity index (χ1v) is 5.72. The van der Waals surface area contributed by atoms with E-state index in [0.29, 0.717) is 12.2 Å². The lowest BCUT2D eigenvalue weighted by Gasteiger charge is -2.14. The molecule has 1 nitrogen and oxygen atoms in total. The summed E-state index contributed by atoms with van der Waals surface area (Å²) in [7, 11) is 0. The Labute approximate surface area is 95.4 Å². The van der Waals surface area contributed by atoms with E-state index in [1.54, 1.807) is 13.0 Å². The molecule has 1 unspecified atom stereocenters. The number of halogens is 2. The van der Waals surface area contributed by atoms with E-state index in [1.807, 2.05) is 13.8 Å². The van der Waals surface area contributed by atoms with Gasteiger partial charge in [0, 0.05) is 0 Å². The van der Waals surface area contributed by atoms with Crippen molar-refractivity contribution in [3.05, 3.63) is 29.3 Å². The van der Waals surface area contributed by atoms with Gasteiger partial charge in [-0.1, -0.05) is 26.3 Å². The van der Waals surface area contributed by atoms with E-state index in [-0.39, 0.29) is 11.7 Å². The first-order chi connectivity index (χ1) is 7.61. The van der Waals surface area contributed by atoms with Crippen LogP contribution in [-0.4, -0.2) is 6.61 Å². The Balaban J connectivity index is 3.01. The zero-order chi connectivity index (χ0) is 12.1. The summed E-state index contributed by atoms with van der Waals surface area (Å²) in [5.41, 5.74) is 0.433. The number of hydrogen-bond acceptors (Lipinski definition) is 1. The van der Waals surface area contributed by atoms with Gasteiger partial charge in [0.15, 0.2) is 11.6 Å². The van der Waals surface area contributed by atoms with Gasteiger partial charge in [0.05, 0.1) is 6.61 Å². The Bertz CT molecular complexity index is 350. The molecular formula is C13H18F2O. The summed E-state index contributed by atoms with van der Waals surface area (Å²) < 4.78 is 32.3. The Morgan fingerprint density at radius 3 is 2.44 bits per heavy atom. The monoisotopic (exact) mass is 228 g/mol. The standard InChI is InChI=1S/C13H18F2O/c1-4-6-9(3)10-7-8-11(16-5-2)13(15)12(10)14/h7-9H,4-6H2,1-3H3. The second kappa shape index (κ2) is 5.83. The molecule has 0 spiro atoms. The minimum Gasteiger partial charge on any atom is -0.491 e. The fourth-order valence-corrected chi connectivity index (χ4v) is 1.78. The van der Waals surface area contributed by atoms with E-state index in [1.165, 1.54) is 6.07 Å². The highest BCUT2D eigenvalue weighted by Crippen LogP contribution is 2.29. The third-order valence-corrected chi connectivity index (χ3v) is 2.63. The van der Waals surface area contributed by atoms with Crippen LogP contribution in [-0.2, 0) is 0 Å². The second-order valence-corrected chi connectivity index (χ2v) is 3.90. The fourth-order valence-electron chi connectivity index (χ4n) is 1.78. The van der Waals surface area contributed by atoms with Gasteiger partial charge in [-0.15, -0.1) is 0 Å². The van der Waals surface area contributed by atoms with Gasteiger partial charge in [-0.05, 0) is 30.9 Å². The fraction of sp³-hybridized carbons (Fsp3) is 0.538. The molecule has 16 heavy (non-hydrogen) atoms. The number of rotatable bonds is 5. The van der Waals surface area contributed by atoms with Crippen LogP contribution in [0.1, 0.15) is 45.1 Å². The van der Waals surface area contributed by atoms with Crippen molar-refractivity contribution in [1.29, 1.82) is 0 Å². The molecule has 0 bridgehead atoms. The molecule has 0 radical (unpaired) electrons. The SMILES string of the molecule is CCCC(C)c1ccc(OCC)c(F)c1F. The molecule has 0 N–H and O–H groups in total. The van der Waals surface area contributed by atoms with E-state index < -0.39 is 11.6 Å². The molecular weight excluding hydrogens is 210 g/mol. The molecule has 0 fully saturated rings. The van der Waals surface area contributed by atoms with Crippen LogP contribution in [0, 0.1) is 11.6 Å². The molecule has 0 aliphatic rings. The highest BCUT2D eigenvalue weighted by Gasteiger charge is 2.17. The van der Waals surface area contributed by atoms with Gasteiger partial charge in [-0.2, -0.15) is 4.39 Å². The Morgan fingerprint density at radius 1 is 1.19 bits per heavy atom. The predicted octanol–water partition coefficient (Wildman–Crippen LogP) is 4.27. The van der Waals surface area contributed by atoms with Crippen LogP contribution in [0.15, 0.2) is 12.1 Å².